The van der Waals surface area contributed by atoms with Crippen LogP contribution in [-0.2, 0) is 19.4 Å². The van der Waals surface area contributed by atoms with Crippen LogP contribution in [0.1, 0.15) is 40.0 Å². The van der Waals surface area contributed by atoms with Crippen molar-refractivity contribution < 1.29 is 14.3 Å². The average molecular weight is 364 g/mol. The number of amides is 1. The van der Waals surface area contributed by atoms with Crippen LogP contribution in [0.15, 0.2) is 36.4 Å². The van der Waals surface area contributed by atoms with Gasteiger partial charge in [0, 0.05) is 28.7 Å². The normalized spacial score (nSPS) is 13.3. The van der Waals surface area contributed by atoms with Gasteiger partial charge in [0.05, 0.1) is 14.2 Å². The molecule has 0 bridgehead atoms. The number of carbonyl (C=O) groups is 1. The Morgan fingerprint density at radius 1 is 1.04 bits per heavy atom. The van der Waals surface area contributed by atoms with Gasteiger partial charge in [-0.1, -0.05) is 6.07 Å². The number of ether oxygens (including phenoxy) is 2. The number of carbonyl (C=O) groups excluding carboxylic acids is 1. The molecule has 1 aliphatic rings. The van der Waals surface area contributed by atoms with Crippen LogP contribution in [0.4, 0.5) is 0 Å². The van der Waals surface area contributed by atoms with Crippen molar-refractivity contribution in [3.05, 3.63) is 58.8 Å². The number of hydrogen-bond acceptors (Lipinski definition) is 3. The van der Waals surface area contributed by atoms with E-state index in [0.717, 1.165) is 23.9 Å². The molecule has 0 saturated heterocycles. The van der Waals surface area contributed by atoms with Crippen molar-refractivity contribution in [1.82, 2.24) is 10.3 Å². The molecule has 2 N–H and O–H groups in total. The molecule has 140 valence electrons. The molecule has 1 aliphatic carbocycles. The summed E-state index contributed by atoms with van der Waals surface area (Å²) in [5.41, 5.74) is 5.49. The van der Waals surface area contributed by atoms with Gasteiger partial charge in [-0.2, -0.15) is 0 Å². The standard InChI is InChI=1S/C22H24N2O3/c1-26-20-10-7-14(11-21(20)27-2)13-23-22(25)15-8-9-19-17(12-15)16-5-3-4-6-18(16)24-19/h7-12,24H,3-6,13H2,1-2H3,(H,23,25). The zero-order valence-corrected chi connectivity index (χ0v) is 15.7. The summed E-state index contributed by atoms with van der Waals surface area (Å²) < 4.78 is 10.6. The van der Waals surface area contributed by atoms with Crippen molar-refractivity contribution in [3.8, 4) is 11.5 Å². The molecule has 1 heterocycles. The number of aryl methyl sites for hydroxylation is 2. The Labute approximate surface area is 158 Å². The number of aromatic nitrogens is 1. The van der Waals surface area contributed by atoms with Crippen molar-refractivity contribution >= 4 is 16.8 Å². The number of methoxy groups -OCH3 is 2. The van der Waals surface area contributed by atoms with Gasteiger partial charge < -0.3 is 19.8 Å². The van der Waals surface area contributed by atoms with E-state index in [0.29, 0.717) is 23.6 Å². The minimum absolute atomic E-state index is 0.0718. The first kappa shape index (κ1) is 17.5. The van der Waals surface area contributed by atoms with Crippen molar-refractivity contribution in [2.45, 2.75) is 32.2 Å². The number of rotatable bonds is 5. The first-order valence-electron chi connectivity index (χ1n) is 9.32. The lowest BCUT2D eigenvalue weighted by Gasteiger charge is -2.11. The third-order valence-electron chi connectivity index (χ3n) is 5.26. The molecule has 0 aliphatic heterocycles. The summed E-state index contributed by atoms with van der Waals surface area (Å²) in [6.45, 7) is 0.433. The van der Waals surface area contributed by atoms with Gasteiger partial charge in [-0.15, -0.1) is 0 Å². The smallest absolute Gasteiger partial charge is 0.251 e. The molecule has 0 atom stereocenters. The molecular formula is C22H24N2O3. The van der Waals surface area contributed by atoms with E-state index in [4.69, 9.17) is 9.47 Å². The summed E-state index contributed by atoms with van der Waals surface area (Å²) in [5, 5.41) is 4.18. The number of nitrogens with one attached hydrogen (secondary N) is 2. The fourth-order valence-corrected chi connectivity index (χ4v) is 3.82. The van der Waals surface area contributed by atoms with Gasteiger partial charge in [0.25, 0.3) is 5.91 Å². The molecule has 0 fully saturated rings. The second-order valence-corrected chi connectivity index (χ2v) is 6.92. The van der Waals surface area contributed by atoms with Gasteiger partial charge in [0.1, 0.15) is 0 Å². The Hall–Kier alpha value is -2.95. The lowest BCUT2D eigenvalue weighted by molar-refractivity contribution is 0.0951. The molecule has 0 spiro atoms. The number of benzene rings is 2. The third kappa shape index (κ3) is 3.37. The van der Waals surface area contributed by atoms with Crippen LogP contribution >= 0.6 is 0 Å². The molecule has 5 nitrogen and oxygen atoms in total. The maximum atomic E-state index is 12.7. The number of hydrogen-bond donors (Lipinski definition) is 2. The van der Waals surface area contributed by atoms with E-state index in [2.05, 4.69) is 10.3 Å². The molecule has 0 saturated carbocycles. The van der Waals surface area contributed by atoms with Crippen LogP contribution in [0.25, 0.3) is 10.9 Å². The van der Waals surface area contributed by atoms with E-state index in [1.54, 1.807) is 14.2 Å². The molecule has 5 heteroatoms. The Morgan fingerprint density at radius 2 is 1.85 bits per heavy atom. The summed E-state index contributed by atoms with van der Waals surface area (Å²) in [6.07, 6.45) is 4.64. The van der Waals surface area contributed by atoms with Crippen LogP contribution in [0, 0.1) is 0 Å². The molecular weight excluding hydrogens is 340 g/mol. The molecule has 27 heavy (non-hydrogen) atoms. The van der Waals surface area contributed by atoms with Gasteiger partial charge >= 0.3 is 0 Å². The van der Waals surface area contributed by atoms with Crippen molar-refractivity contribution in [2.75, 3.05) is 14.2 Å². The highest BCUT2D eigenvalue weighted by atomic mass is 16.5. The number of aromatic amines is 1. The SMILES string of the molecule is COc1ccc(CNC(=O)c2ccc3[nH]c4c(c3c2)CCCC4)cc1OC. The van der Waals surface area contributed by atoms with E-state index < -0.39 is 0 Å². The summed E-state index contributed by atoms with van der Waals surface area (Å²) in [5.74, 6) is 1.26. The fraction of sp³-hybridized carbons (Fsp3) is 0.318. The first-order valence-corrected chi connectivity index (χ1v) is 9.32. The van der Waals surface area contributed by atoms with E-state index in [9.17, 15) is 4.79 Å². The zero-order chi connectivity index (χ0) is 18.8. The second kappa shape index (κ2) is 7.35. The maximum Gasteiger partial charge on any atom is 0.251 e. The van der Waals surface area contributed by atoms with Gasteiger partial charge in [0.15, 0.2) is 11.5 Å². The number of H-pyrrole nitrogens is 1. The van der Waals surface area contributed by atoms with Gasteiger partial charge in [-0.25, -0.2) is 0 Å². The zero-order valence-electron chi connectivity index (χ0n) is 15.7. The Kier molecular flexibility index (Phi) is 4.75. The Bertz CT molecular complexity index is 991. The summed E-state index contributed by atoms with van der Waals surface area (Å²) in [6, 6.07) is 11.6. The highest BCUT2D eigenvalue weighted by Gasteiger charge is 2.17. The van der Waals surface area contributed by atoms with Crippen LogP contribution < -0.4 is 14.8 Å². The summed E-state index contributed by atoms with van der Waals surface area (Å²) in [7, 11) is 3.21. The Balaban J connectivity index is 1.51. The molecule has 1 aromatic heterocycles. The Morgan fingerprint density at radius 3 is 2.67 bits per heavy atom. The van der Waals surface area contributed by atoms with E-state index >= 15 is 0 Å². The molecule has 3 aromatic rings. The van der Waals surface area contributed by atoms with Gasteiger partial charge in [0.2, 0.25) is 0 Å². The van der Waals surface area contributed by atoms with Crippen LogP contribution in [-0.4, -0.2) is 25.1 Å². The number of fused-ring (bicyclic) bond motifs is 3. The summed E-state index contributed by atoms with van der Waals surface area (Å²) in [4.78, 5) is 16.2. The largest absolute Gasteiger partial charge is 0.493 e. The van der Waals surface area contributed by atoms with Crippen LogP contribution in [0.3, 0.4) is 0 Å². The molecule has 2 aromatic carbocycles. The van der Waals surface area contributed by atoms with Crippen molar-refractivity contribution in [2.24, 2.45) is 0 Å². The highest BCUT2D eigenvalue weighted by molar-refractivity contribution is 5.99. The molecule has 1 amide bonds. The fourth-order valence-electron chi connectivity index (χ4n) is 3.82. The van der Waals surface area contributed by atoms with Gasteiger partial charge in [-0.05, 0) is 67.1 Å². The lowest BCUT2D eigenvalue weighted by Crippen LogP contribution is -2.22. The van der Waals surface area contributed by atoms with E-state index in [1.807, 2.05) is 36.4 Å². The quantitative estimate of drug-likeness (QED) is 0.719. The third-order valence-corrected chi connectivity index (χ3v) is 5.26. The average Bonchev–Trinajstić information content (AvgIpc) is 3.09. The lowest BCUT2D eigenvalue weighted by atomic mass is 9.95. The van der Waals surface area contributed by atoms with E-state index in [-0.39, 0.29) is 5.91 Å². The predicted octanol–water partition coefficient (Wildman–Crippen LogP) is 3.99. The molecule has 0 unspecified atom stereocenters. The molecule has 0 radical (unpaired) electrons. The maximum absolute atomic E-state index is 12.7. The van der Waals surface area contributed by atoms with Crippen LogP contribution in [0.2, 0.25) is 0 Å². The monoisotopic (exact) mass is 364 g/mol. The highest BCUT2D eigenvalue weighted by Crippen LogP contribution is 2.30. The minimum Gasteiger partial charge on any atom is -0.493 e. The van der Waals surface area contributed by atoms with Gasteiger partial charge in [-0.3, -0.25) is 4.79 Å². The van der Waals surface area contributed by atoms with E-state index in [1.165, 1.54) is 29.5 Å². The summed E-state index contributed by atoms with van der Waals surface area (Å²) >= 11 is 0. The van der Waals surface area contributed by atoms with Crippen molar-refractivity contribution in [3.63, 3.8) is 0 Å². The first-order chi connectivity index (χ1) is 13.2. The second-order valence-electron chi connectivity index (χ2n) is 6.92. The van der Waals surface area contributed by atoms with Crippen molar-refractivity contribution in [1.29, 1.82) is 0 Å². The topological polar surface area (TPSA) is 63.3 Å². The molecule has 4 rings (SSSR count). The minimum atomic E-state index is -0.0718. The van der Waals surface area contributed by atoms with Crippen LogP contribution in [0.5, 0.6) is 11.5 Å². The predicted molar refractivity (Wildman–Crippen MR) is 106 cm³/mol.